The first kappa shape index (κ1) is 15.5. The smallest absolute Gasteiger partial charge is 0.326 e. The van der Waals surface area contributed by atoms with Crippen LogP contribution < -0.4 is 5.32 Å². The highest BCUT2D eigenvalue weighted by molar-refractivity contribution is 5.81. The van der Waals surface area contributed by atoms with E-state index < -0.39 is 5.54 Å². The van der Waals surface area contributed by atoms with Crippen LogP contribution in [0.1, 0.15) is 60.3 Å². The average molecular weight is 255 g/mol. The number of carbonyl (C=O) groups excluding carboxylic acids is 1. The van der Waals surface area contributed by atoms with E-state index in [0.717, 1.165) is 19.3 Å². The van der Waals surface area contributed by atoms with Crippen molar-refractivity contribution < 1.29 is 9.53 Å². The van der Waals surface area contributed by atoms with Crippen LogP contribution in [0, 0.1) is 11.8 Å². The molecule has 1 fully saturated rings. The zero-order chi connectivity index (χ0) is 13.8. The number of esters is 1. The molecule has 1 saturated carbocycles. The molecular formula is C15H29NO2. The Labute approximate surface area is 112 Å². The Morgan fingerprint density at radius 1 is 1.39 bits per heavy atom. The van der Waals surface area contributed by atoms with Crippen LogP contribution in [0.4, 0.5) is 0 Å². The normalized spacial score (nSPS) is 34.1. The molecule has 0 amide bonds. The Hall–Kier alpha value is -0.570. The average Bonchev–Trinajstić information content (AvgIpc) is 2.33. The quantitative estimate of drug-likeness (QED) is 0.767. The molecule has 1 rings (SSSR count). The minimum Gasteiger partial charge on any atom is -0.465 e. The van der Waals surface area contributed by atoms with Crippen molar-refractivity contribution in [2.75, 3.05) is 6.61 Å². The van der Waals surface area contributed by atoms with E-state index in [1.54, 1.807) is 0 Å². The van der Waals surface area contributed by atoms with E-state index in [4.69, 9.17) is 4.74 Å². The lowest BCUT2D eigenvalue weighted by molar-refractivity contribution is -0.157. The van der Waals surface area contributed by atoms with Gasteiger partial charge in [0, 0.05) is 6.04 Å². The summed E-state index contributed by atoms with van der Waals surface area (Å²) in [6.45, 7) is 11.0. The molecule has 3 heteroatoms. The van der Waals surface area contributed by atoms with Gasteiger partial charge in [-0.1, -0.05) is 27.2 Å². The number of carbonyl (C=O) groups is 1. The molecule has 0 saturated heterocycles. The topological polar surface area (TPSA) is 38.3 Å². The van der Waals surface area contributed by atoms with Gasteiger partial charge in [-0.05, 0) is 44.9 Å². The third-order valence-corrected chi connectivity index (χ3v) is 4.36. The molecular weight excluding hydrogens is 226 g/mol. The van der Waals surface area contributed by atoms with Crippen LogP contribution in [-0.2, 0) is 9.53 Å². The molecule has 1 N–H and O–H groups in total. The van der Waals surface area contributed by atoms with Crippen LogP contribution in [0.25, 0.3) is 0 Å². The molecule has 1 aliphatic rings. The molecule has 0 radical (unpaired) electrons. The van der Waals surface area contributed by atoms with Crippen molar-refractivity contribution in [2.45, 2.75) is 71.9 Å². The molecule has 18 heavy (non-hydrogen) atoms. The molecule has 0 heterocycles. The maximum Gasteiger partial charge on any atom is 0.326 e. The molecule has 3 nitrogen and oxygen atoms in total. The Balaban J connectivity index is 2.94. The Bertz CT molecular complexity index is 280. The standard InChI is InChI=1S/C15H29NO2/c1-6-13(5)16-15(14(17)18-7-2)10-11(3)8-9-12(15)4/h11-13,16H,6-10H2,1-5H3. The van der Waals surface area contributed by atoms with E-state index in [-0.39, 0.29) is 5.97 Å². The summed E-state index contributed by atoms with van der Waals surface area (Å²) < 4.78 is 5.35. The Morgan fingerprint density at radius 3 is 2.61 bits per heavy atom. The summed E-state index contributed by atoms with van der Waals surface area (Å²) in [5.41, 5.74) is -0.469. The maximum absolute atomic E-state index is 12.4. The lowest BCUT2D eigenvalue weighted by Crippen LogP contribution is -2.62. The predicted molar refractivity (Wildman–Crippen MR) is 74.4 cm³/mol. The third kappa shape index (κ3) is 3.25. The van der Waals surface area contributed by atoms with Gasteiger partial charge < -0.3 is 4.74 Å². The van der Waals surface area contributed by atoms with Gasteiger partial charge in [-0.25, -0.2) is 0 Å². The van der Waals surface area contributed by atoms with E-state index in [0.29, 0.717) is 24.5 Å². The fourth-order valence-corrected chi connectivity index (χ4v) is 2.98. The molecule has 1 aliphatic carbocycles. The lowest BCUT2D eigenvalue weighted by atomic mass is 9.69. The molecule has 106 valence electrons. The van der Waals surface area contributed by atoms with E-state index in [9.17, 15) is 4.79 Å². The van der Waals surface area contributed by atoms with Gasteiger partial charge >= 0.3 is 5.97 Å². The molecule has 0 aliphatic heterocycles. The van der Waals surface area contributed by atoms with Crippen LogP contribution in [0.3, 0.4) is 0 Å². The predicted octanol–water partition coefficient (Wildman–Crippen LogP) is 3.13. The van der Waals surface area contributed by atoms with Gasteiger partial charge in [-0.3, -0.25) is 10.1 Å². The highest BCUT2D eigenvalue weighted by Crippen LogP contribution is 2.38. The van der Waals surface area contributed by atoms with Crippen LogP contribution in [0.15, 0.2) is 0 Å². The van der Waals surface area contributed by atoms with Crippen LogP contribution >= 0.6 is 0 Å². The summed E-state index contributed by atoms with van der Waals surface area (Å²) in [7, 11) is 0. The summed E-state index contributed by atoms with van der Waals surface area (Å²) >= 11 is 0. The van der Waals surface area contributed by atoms with Crippen molar-refractivity contribution >= 4 is 5.97 Å². The zero-order valence-corrected chi connectivity index (χ0v) is 12.6. The van der Waals surface area contributed by atoms with Crippen molar-refractivity contribution in [3.05, 3.63) is 0 Å². The monoisotopic (exact) mass is 255 g/mol. The number of hydrogen-bond donors (Lipinski definition) is 1. The summed E-state index contributed by atoms with van der Waals surface area (Å²) in [6, 6.07) is 0.349. The van der Waals surface area contributed by atoms with Crippen molar-refractivity contribution in [2.24, 2.45) is 11.8 Å². The number of ether oxygens (including phenoxy) is 1. The van der Waals surface area contributed by atoms with Gasteiger partial charge in [-0.15, -0.1) is 0 Å². The molecule has 0 aromatic rings. The zero-order valence-electron chi connectivity index (χ0n) is 12.6. The lowest BCUT2D eigenvalue weighted by Gasteiger charge is -2.45. The van der Waals surface area contributed by atoms with Crippen LogP contribution in [0.5, 0.6) is 0 Å². The Kier molecular flexibility index (Phi) is 5.64. The van der Waals surface area contributed by atoms with Gasteiger partial charge in [0.15, 0.2) is 0 Å². The van der Waals surface area contributed by atoms with Crippen molar-refractivity contribution in [1.29, 1.82) is 0 Å². The summed E-state index contributed by atoms with van der Waals surface area (Å²) in [5.74, 6) is 0.883. The van der Waals surface area contributed by atoms with E-state index in [1.165, 1.54) is 6.42 Å². The SMILES string of the molecule is CCOC(=O)C1(NC(C)CC)CC(C)CCC1C. The first-order valence-electron chi connectivity index (χ1n) is 7.41. The molecule has 0 bridgehead atoms. The van der Waals surface area contributed by atoms with Gasteiger partial charge in [0.2, 0.25) is 0 Å². The van der Waals surface area contributed by atoms with Crippen LogP contribution in [0.2, 0.25) is 0 Å². The molecule has 0 aromatic carbocycles. The fourth-order valence-electron chi connectivity index (χ4n) is 2.98. The minimum atomic E-state index is -0.469. The van der Waals surface area contributed by atoms with Gasteiger partial charge in [0.05, 0.1) is 6.61 Å². The minimum absolute atomic E-state index is 0.0515. The molecule has 0 spiro atoms. The first-order valence-corrected chi connectivity index (χ1v) is 7.41. The number of hydrogen-bond acceptors (Lipinski definition) is 3. The molecule has 4 atom stereocenters. The second kappa shape index (κ2) is 6.55. The Morgan fingerprint density at radius 2 is 2.06 bits per heavy atom. The summed E-state index contributed by atoms with van der Waals surface area (Å²) in [5, 5.41) is 3.57. The van der Waals surface area contributed by atoms with Crippen molar-refractivity contribution in [1.82, 2.24) is 5.32 Å². The van der Waals surface area contributed by atoms with Gasteiger partial charge in [-0.2, -0.15) is 0 Å². The van der Waals surface area contributed by atoms with E-state index in [1.807, 2.05) is 6.92 Å². The number of rotatable bonds is 5. The first-order chi connectivity index (χ1) is 8.46. The third-order valence-electron chi connectivity index (χ3n) is 4.36. The summed E-state index contributed by atoms with van der Waals surface area (Å²) in [4.78, 5) is 12.4. The van der Waals surface area contributed by atoms with Gasteiger partial charge in [0.25, 0.3) is 0 Å². The molecule has 0 aromatic heterocycles. The largest absolute Gasteiger partial charge is 0.465 e. The highest BCUT2D eigenvalue weighted by atomic mass is 16.5. The van der Waals surface area contributed by atoms with Crippen molar-refractivity contribution in [3.63, 3.8) is 0 Å². The maximum atomic E-state index is 12.4. The molecule has 4 unspecified atom stereocenters. The van der Waals surface area contributed by atoms with Crippen molar-refractivity contribution in [3.8, 4) is 0 Å². The second-order valence-electron chi connectivity index (χ2n) is 5.93. The second-order valence-corrected chi connectivity index (χ2v) is 5.93. The fraction of sp³-hybridized carbons (Fsp3) is 0.933. The number of nitrogens with one attached hydrogen (secondary N) is 1. The summed E-state index contributed by atoms with van der Waals surface area (Å²) in [6.07, 6.45) is 4.24. The van der Waals surface area contributed by atoms with Crippen LogP contribution in [-0.4, -0.2) is 24.2 Å². The van der Waals surface area contributed by atoms with E-state index in [2.05, 4.69) is 33.0 Å². The van der Waals surface area contributed by atoms with E-state index >= 15 is 0 Å². The van der Waals surface area contributed by atoms with Gasteiger partial charge in [0.1, 0.15) is 5.54 Å². The highest BCUT2D eigenvalue weighted by Gasteiger charge is 2.48.